The van der Waals surface area contributed by atoms with Crippen LogP contribution < -0.4 is 11.1 Å². The van der Waals surface area contributed by atoms with Crippen molar-refractivity contribution in [3.05, 3.63) is 0 Å². The third-order valence-electron chi connectivity index (χ3n) is 4.92. The van der Waals surface area contributed by atoms with Crippen LogP contribution in [0.15, 0.2) is 0 Å². The second kappa shape index (κ2) is 10.6. The molecule has 0 aliphatic rings. The molecule has 0 aliphatic heterocycles. The van der Waals surface area contributed by atoms with E-state index in [1.54, 1.807) is 0 Å². The van der Waals surface area contributed by atoms with Gasteiger partial charge >= 0.3 is 5.97 Å². The molecule has 0 rings (SSSR count). The van der Waals surface area contributed by atoms with Gasteiger partial charge in [-0.15, -0.1) is 0 Å². The Morgan fingerprint density at radius 3 is 2.18 bits per heavy atom. The van der Waals surface area contributed by atoms with Crippen molar-refractivity contribution in [3.63, 3.8) is 0 Å². The molecule has 5 heteroatoms. The number of amides is 1. The Hall–Kier alpha value is -1.10. The number of carbonyl (C=O) groups excluding carboxylic acids is 1. The zero-order valence-electron chi connectivity index (χ0n) is 14.8. The van der Waals surface area contributed by atoms with Gasteiger partial charge < -0.3 is 16.2 Å². The normalized spacial score (nSPS) is 18.1. The van der Waals surface area contributed by atoms with Crippen molar-refractivity contribution in [2.75, 3.05) is 6.54 Å². The standard InChI is InChI=1S/C17H34N2O3/c1-6-8-12(4)13(5)14(9-15(20)21)10-19-17(22)16(18)11(3)7-2/h11-14,16H,6-10,18H2,1-5H3,(H,19,22)(H,20,21). The molecule has 0 saturated heterocycles. The zero-order chi connectivity index (χ0) is 17.3. The second-order valence-electron chi connectivity index (χ2n) is 6.64. The average Bonchev–Trinajstić information content (AvgIpc) is 2.48. The highest BCUT2D eigenvalue weighted by molar-refractivity contribution is 5.81. The van der Waals surface area contributed by atoms with Crippen molar-refractivity contribution >= 4 is 11.9 Å². The molecule has 0 aliphatic carbocycles. The van der Waals surface area contributed by atoms with E-state index in [1.165, 1.54) is 0 Å². The fourth-order valence-electron chi connectivity index (χ4n) is 2.71. The molecule has 4 N–H and O–H groups in total. The van der Waals surface area contributed by atoms with Crippen molar-refractivity contribution in [2.24, 2.45) is 29.4 Å². The lowest BCUT2D eigenvalue weighted by Crippen LogP contribution is -2.46. The van der Waals surface area contributed by atoms with E-state index in [0.29, 0.717) is 12.5 Å². The van der Waals surface area contributed by atoms with Gasteiger partial charge in [0.1, 0.15) is 0 Å². The predicted octanol–water partition coefficient (Wildman–Crippen LogP) is 2.64. The van der Waals surface area contributed by atoms with Crippen LogP contribution in [0.1, 0.15) is 60.3 Å². The number of nitrogens with one attached hydrogen (secondary N) is 1. The maximum Gasteiger partial charge on any atom is 0.303 e. The van der Waals surface area contributed by atoms with Crippen LogP contribution in [0.25, 0.3) is 0 Å². The van der Waals surface area contributed by atoms with Gasteiger partial charge in [0.05, 0.1) is 12.5 Å². The summed E-state index contributed by atoms with van der Waals surface area (Å²) in [6.45, 7) is 10.7. The summed E-state index contributed by atoms with van der Waals surface area (Å²) in [5, 5.41) is 12.0. The van der Waals surface area contributed by atoms with E-state index in [2.05, 4.69) is 26.1 Å². The Kier molecular flexibility index (Phi) is 10.1. The molecule has 5 unspecified atom stereocenters. The van der Waals surface area contributed by atoms with Gasteiger partial charge in [-0.25, -0.2) is 0 Å². The number of hydrogen-bond acceptors (Lipinski definition) is 3. The van der Waals surface area contributed by atoms with Crippen molar-refractivity contribution in [2.45, 2.75) is 66.3 Å². The molecule has 5 nitrogen and oxygen atoms in total. The van der Waals surface area contributed by atoms with E-state index in [0.717, 1.165) is 19.3 Å². The highest BCUT2D eigenvalue weighted by Crippen LogP contribution is 2.26. The summed E-state index contributed by atoms with van der Waals surface area (Å²) in [6.07, 6.45) is 3.07. The molecule has 130 valence electrons. The summed E-state index contributed by atoms with van der Waals surface area (Å²) in [6, 6.07) is -0.529. The zero-order valence-corrected chi connectivity index (χ0v) is 14.8. The Bertz CT molecular complexity index is 347. The number of rotatable bonds is 11. The van der Waals surface area contributed by atoms with Gasteiger partial charge in [-0.3, -0.25) is 9.59 Å². The third-order valence-corrected chi connectivity index (χ3v) is 4.92. The van der Waals surface area contributed by atoms with Crippen LogP contribution in [0, 0.1) is 23.7 Å². The van der Waals surface area contributed by atoms with Crippen LogP contribution in [0.3, 0.4) is 0 Å². The van der Waals surface area contributed by atoms with Crippen LogP contribution >= 0.6 is 0 Å². The van der Waals surface area contributed by atoms with Crippen LogP contribution in [-0.4, -0.2) is 29.6 Å². The summed E-state index contributed by atoms with van der Waals surface area (Å²) in [5.74, 6) is -0.256. The van der Waals surface area contributed by atoms with Crippen LogP contribution in [0.5, 0.6) is 0 Å². The van der Waals surface area contributed by atoms with Crippen molar-refractivity contribution in [1.82, 2.24) is 5.32 Å². The Labute approximate surface area is 135 Å². The fourth-order valence-corrected chi connectivity index (χ4v) is 2.71. The van der Waals surface area contributed by atoms with E-state index in [4.69, 9.17) is 10.8 Å². The molecule has 0 aromatic rings. The van der Waals surface area contributed by atoms with E-state index in [9.17, 15) is 9.59 Å². The van der Waals surface area contributed by atoms with E-state index in [1.807, 2.05) is 13.8 Å². The van der Waals surface area contributed by atoms with E-state index in [-0.39, 0.29) is 30.1 Å². The number of aliphatic carboxylic acids is 1. The molecular formula is C17H34N2O3. The second-order valence-corrected chi connectivity index (χ2v) is 6.64. The first-order valence-electron chi connectivity index (χ1n) is 8.49. The molecule has 0 radical (unpaired) electrons. The van der Waals surface area contributed by atoms with Gasteiger partial charge in [0.25, 0.3) is 0 Å². The van der Waals surface area contributed by atoms with Crippen molar-refractivity contribution in [1.29, 1.82) is 0 Å². The summed E-state index contributed by atoms with van der Waals surface area (Å²) in [7, 11) is 0. The average molecular weight is 314 g/mol. The quantitative estimate of drug-likeness (QED) is 0.546. The summed E-state index contributed by atoms with van der Waals surface area (Å²) < 4.78 is 0. The molecule has 1 amide bonds. The predicted molar refractivity (Wildman–Crippen MR) is 89.4 cm³/mol. The molecule has 5 atom stereocenters. The van der Waals surface area contributed by atoms with Gasteiger partial charge in [0.2, 0.25) is 5.91 Å². The molecule has 0 spiro atoms. The van der Waals surface area contributed by atoms with Gasteiger partial charge in [-0.05, 0) is 23.7 Å². The molecular weight excluding hydrogens is 280 g/mol. The highest BCUT2D eigenvalue weighted by Gasteiger charge is 2.26. The molecule has 0 saturated carbocycles. The minimum absolute atomic E-state index is 0.0628. The largest absolute Gasteiger partial charge is 0.481 e. The Morgan fingerprint density at radius 1 is 1.14 bits per heavy atom. The minimum atomic E-state index is -0.818. The first-order chi connectivity index (χ1) is 10.2. The van der Waals surface area contributed by atoms with Gasteiger partial charge in [-0.2, -0.15) is 0 Å². The first kappa shape index (κ1) is 20.9. The lowest BCUT2D eigenvalue weighted by Gasteiger charge is -2.29. The Morgan fingerprint density at radius 2 is 1.73 bits per heavy atom. The summed E-state index contributed by atoms with van der Waals surface area (Å²) in [5.41, 5.74) is 5.91. The number of carboxylic acids is 1. The molecule has 0 aromatic carbocycles. The number of carboxylic acid groups (broad SMARTS) is 1. The summed E-state index contributed by atoms with van der Waals surface area (Å²) in [4.78, 5) is 23.2. The van der Waals surface area contributed by atoms with Gasteiger partial charge in [-0.1, -0.05) is 53.9 Å². The topological polar surface area (TPSA) is 92.4 Å². The van der Waals surface area contributed by atoms with Crippen molar-refractivity contribution < 1.29 is 14.7 Å². The molecule has 22 heavy (non-hydrogen) atoms. The molecule has 0 heterocycles. The summed E-state index contributed by atoms with van der Waals surface area (Å²) >= 11 is 0. The van der Waals surface area contributed by atoms with Gasteiger partial charge in [0.15, 0.2) is 0 Å². The van der Waals surface area contributed by atoms with Gasteiger partial charge in [0, 0.05) is 6.54 Å². The SMILES string of the molecule is CCCC(C)C(C)C(CNC(=O)C(N)C(C)CC)CC(=O)O. The smallest absolute Gasteiger partial charge is 0.303 e. The van der Waals surface area contributed by atoms with Crippen LogP contribution in [0.2, 0.25) is 0 Å². The lowest BCUT2D eigenvalue weighted by molar-refractivity contribution is -0.139. The maximum absolute atomic E-state index is 12.1. The van der Waals surface area contributed by atoms with E-state index >= 15 is 0 Å². The monoisotopic (exact) mass is 314 g/mol. The number of hydrogen-bond donors (Lipinski definition) is 3. The highest BCUT2D eigenvalue weighted by atomic mass is 16.4. The lowest BCUT2D eigenvalue weighted by atomic mass is 9.80. The minimum Gasteiger partial charge on any atom is -0.481 e. The first-order valence-corrected chi connectivity index (χ1v) is 8.49. The number of nitrogens with two attached hydrogens (primary N) is 1. The molecule has 0 fully saturated rings. The van der Waals surface area contributed by atoms with Crippen LogP contribution in [-0.2, 0) is 9.59 Å². The maximum atomic E-state index is 12.1. The van der Waals surface area contributed by atoms with Crippen LogP contribution in [0.4, 0.5) is 0 Å². The number of carbonyl (C=O) groups is 2. The third kappa shape index (κ3) is 7.25. The fraction of sp³-hybridized carbons (Fsp3) is 0.882. The molecule has 0 bridgehead atoms. The Balaban J connectivity index is 4.66. The van der Waals surface area contributed by atoms with Crippen molar-refractivity contribution in [3.8, 4) is 0 Å². The molecule has 0 aromatic heterocycles. The van der Waals surface area contributed by atoms with E-state index < -0.39 is 12.0 Å².